The fourth-order valence-corrected chi connectivity index (χ4v) is 2.23. The third-order valence-corrected chi connectivity index (χ3v) is 3.55. The first-order valence-electron chi connectivity index (χ1n) is 7.63. The molecule has 1 saturated heterocycles. The Labute approximate surface area is 126 Å². The molecule has 0 bridgehead atoms. The van der Waals surface area contributed by atoms with Gasteiger partial charge in [0.1, 0.15) is 5.78 Å². The molecule has 1 heterocycles. The standard InChI is InChI=1S/C17H24O4/c1-14(12-19-13-15-6-3-2-4-7-15)16(18)8-9-17-20-10-5-11-21-17/h2-4,6-7,14,17H,5,8-13H2,1H3/t14-/m1/s1. The molecule has 2 rings (SSSR count). The van der Waals surface area contributed by atoms with Crippen molar-refractivity contribution in [3.63, 3.8) is 0 Å². The van der Waals surface area contributed by atoms with Crippen LogP contribution in [0.1, 0.15) is 31.7 Å². The average Bonchev–Trinajstić information content (AvgIpc) is 2.54. The van der Waals surface area contributed by atoms with Crippen molar-refractivity contribution in [2.75, 3.05) is 19.8 Å². The number of ketones is 1. The topological polar surface area (TPSA) is 44.8 Å². The van der Waals surface area contributed by atoms with Crippen LogP contribution in [0.3, 0.4) is 0 Å². The number of Topliss-reactive ketones (excluding diaryl/α,β-unsaturated/α-hetero) is 1. The minimum atomic E-state index is -0.208. The maximum atomic E-state index is 12.0. The Morgan fingerprint density at radius 3 is 2.71 bits per heavy atom. The van der Waals surface area contributed by atoms with Gasteiger partial charge in [-0.3, -0.25) is 4.79 Å². The van der Waals surface area contributed by atoms with Crippen LogP contribution in [0.2, 0.25) is 0 Å². The van der Waals surface area contributed by atoms with Gasteiger partial charge in [0.25, 0.3) is 0 Å². The average molecular weight is 292 g/mol. The molecule has 1 aromatic carbocycles. The molecule has 1 fully saturated rings. The Bertz CT molecular complexity index is 412. The van der Waals surface area contributed by atoms with E-state index in [1.807, 2.05) is 37.3 Å². The van der Waals surface area contributed by atoms with Crippen LogP contribution in [0.4, 0.5) is 0 Å². The first-order valence-corrected chi connectivity index (χ1v) is 7.63. The number of hydrogen-bond acceptors (Lipinski definition) is 4. The van der Waals surface area contributed by atoms with E-state index in [1.54, 1.807) is 0 Å². The summed E-state index contributed by atoms with van der Waals surface area (Å²) in [5.74, 6) is 0.123. The van der Waals surface area contributed by atoms with Crippen molar-refractivity contribution in [2.45, 2.75) is 39.1 Å². The molecule has 0 aromatic heterocycles. The SMILES string of the molecule is C[C@H](COCc1ccccc1)C(=O)CCC1OCCCO1. The van der Waals surface area contributed by atoms with Crippen molar-refractivity contribution in [3.8, 4) is 0 Å². The van der Waals surface area contributed by atoms with E-state index < -0.39 is 0 Å². The van der Waals surface area contributed by atoms with E-state index in [-0.39, 0.29) is 18.0 Å². The Kier molecular flexibility index (Phi) is 6.86. The maximum Gasteiger partial charge on any atom is 0.157 e. The summed E-state index contributed by atoms with van der Waals surface area (Å²) in [5.41, 5.74) is 1.13. The lowest BCUT2D eigenvalue weighted by molar-refractivity contribution is -0.182. The highest BCUT2D eigenvalue weighted by molar-refractivity contribution is 5.80. The molecular weight excluding hydrogens is 268 g/mol. The molecule has 0 N–H and O–H groups in total. The number of ether oxygens (including phenoxy) is 3. The lowest BCUT2D eigenvalue weighted by Gasteiger charge is -2.23. The van der Waals surface area contributed by atoms with Crippen LogP contribution in [0.15, 0.2) is 30.3 Å². The van der Waals surface area contributed by atoms with E-state index in [0.717, 1.165) is 25.2 Å². The first kappa shape index (κ1) is 16.1. The van der Waals surface area contributed by atoms with Crippen LogP contribution < -0.4 is 0 Å². The second kappa shape index (κ2) is 8.93. The molecule has 1 aliphatic rings. The molecule has 0 spiro atoms. The van der Waals surface area contributed by atoms with Crippen molar-refractivity contribution in [1.82, 2.24) is 0 Å². The summed E-state index contributed by atoms with van der Waals surface area (Å²) in [7, 11) is 0. The predicted octanol–water partition coefficient (Wildman–Crippen LogP) is 2.95. The smallest absolute Gasteiger partial charge is 0.157 e. The highest BCUT2D eigenvalue weighted by atomic mass is 16.7. The van der Waals surface area contributed by atoms with Crippen molar-refractivity contribution in [1.29, 1.82) is 0 Å². The van der Waals surface area contributed by atoms with Gasteiger partial charge in [0.2, 0.25) is 0 Å². The first-order chi connectivity index (χ1) is 10.3. The van der Waals surface area contributed by atoms with Crippen molar-refractivity contribution in [2.24, 2.45) is 5.92 Å². The number of carbonyl (C=O) groups excluding carboxylic acids is 1. The second-order valence-electron chi connectivity index (χ2n) is 5.43. The van der Waals surface area contributed by atoms with Crippen molar-refractivity contribution >= 4 is 5.78 Å². The van der Waals surface area contributed by atoms with Crippen molar-refractivity contribution < 1.29 is 19.0 Å². The summed E-state index contributed by atoms with van der Waals surface area (Å²) in [6.45, 7) is 4.38. The number of carbonyl (C=O) groups is 1. The van der Waals surface area contributed by atoms with Gasteiger partial charge in [0.15, 0.2) is 6.29 Å². The molecule has 0 unspecified atom stereocenters. The number of hydrogen-bond donors (Lipinski definition) is 0. The molecule has 116 valence electrons. The zero-order valence-corrected chi connectivity index (χ0v) is 12.6. The summed E-state index contributed by atoms with van der Waals surface area (Å²) in [6, 6.07) is 9.98. The monoisotopic (exact) mass is 292 g/mol. The molecule has 0 aliphatic carbocycles. The summed E-state index contributed by atoms with van der Waals surface area (Å²) >= 11 is 0. The Hall–Kier alpha value is -1.23. The minimum absolute atomic E-state index is 0.0858. The predicted molar refractivity (Wildman–Crippen MR) is 79.8 cm³/mol. The van der Waals surface area contributed by atoms with E-state index in [1.165, 1.54) is 0 Å². The molecule has 0 saturated carbocycles. The van der Waals surface area contributed by atoms with Crippen LogP contribution in [0.25, 0.3) is 0 Å². The fourth-order valence-electron chi connectivity index (χ4n) is 2.23. The van der Waals surface area contributed by atoms with Gasteiger partial charge in [0, 0.05) is 18.8 Å². The lowest BCUT2D eigenvalue weighted by Crippen LogP contribution is -2.26. The number of benzene rings is 1. The summed E-state index contributed by atoms with van der Waals surface area (Å²) in [4.78, 5) is 12.0. The third-order valence-electron chi connectivity index (χ3n) is 3.55. The summed E-state index contributed by atoms with van der Waals surface area (Å²) in [6.07, 6.45) is 1.86. The largest absolute Gasteiger partial charge is 0.376 e. The van der Waals surface area contributed by atoms with Gasteiger partial charge in [-0.2, -0.15) is 0 Å². The highest BCUT2D eigenvalue weighted by Crippen LogP contribution is 2.13. The molecule has 4 nitrogen and oxygen atoms in total. The van der Waals surface area contributed by atoms with Crippen LogP contribution in [-0.4, -0.2) is 31.9 Å². The van der Waals surface area contributed by atoms with Gasteiger partial charge >= 0.3 is 0 Å². The quantitative estimate of drug-likeness (QED) is 0.739. The molecule has 0 amide bonds. The second-order valence-corrected chi connectivity index (χ2v) is 5.43. The van der Waals surface area contributed by atoms with Gasteiger partial charge in [-0.15, -0.1) is 0 Å². The van der Waals surface area contributed by atoms with E-state index in [4.69, 9.17) is 14.2 Å². The molecule has 4 heteroatoms. The van der Waals surface area contributed by atoms with Crippen LogP contribution >= 0.6 is 0 Å². The van der Waals surface area contributed by atoms with Gasteiger partial charge < -0.3 is 14.2 Å². The Morgan fingerprint density at radius 2 is 2.00 bits per heavy atom. The highest BCUT2D eigenvalue weighted by Gasteiger charge is 2.18. The molecule has 21 heavy (non-hydrogen) atoms. The zero-order chi connectivity index (χ0) is 14.9. The normalized spacial score (nSPS) is 17.6. The fraction of sp³-hybridized carbons (Fsp3) is 0.588. The van der Waals surface area contributed by atoms with E-state index in [0.29, 0.717) is 26.1 Å². The van der Waals surface area contributed by atoms with Gasteiger partial charge in [-0.25, -0.2) is 0 Å². The van der Waals surface area contributed by atoms with Crippen LogP contribution in [-0.2, 0) is 25.6 Å². The Balaban J connectivity index is 1.60. The third kappa shape index (κ3) is 5.96. The van der Waals surface area contributed by atoms with E-state index in [9.17, 15) is 4.79 Å². The lowest BCUT2D eigenvalue weighted by atomic mass is 10.0. The van der Waals surface area contributed by atoms with E-state index in [2.05, 4.69) is 0 Å². The van der Waals surface area contributed by atoms with Crippen molar-refractivity contribution in [3.05, 3.63) is 35.9 Å². The maximum absolute atomic E-state index is 12.0. The minimum Gasteiger partial charge on any atom is -0.376 e. The molecule has 1 aromatic rings. The van der Waals surface area contributed by atoms with Gasteiger partial charge in [-0.1, -0.05) is 37.3 Å². The molecular formula is C17H24O4. The molecule has 1 atom stereocenters. The summed E-state index contributed by atoms with van der Waals surface area (Å²) < 4.78 is 16.5. The van der Waals surface area contributed by atoms with Gasteiger partial charge in [0.05, 0.1) is 26.4 Å². The summed E-state index contributed by atoms with van der Waals surface area (Å²) in [5, 5.41) is 0. The molecule has 1 aliphatic heterocycles. The van der Waals surface area contributed by atoms with Gasteiger partial charge in [-0.05, 0) is 12.0 Å². The van der Waals surface area contributed by atoms with Crippen LogP contribution in [0, 0.1) is 5.92 Å². The Morgan fingerprint density at radius 1 is 1.29 bits per heavy atom. The zero-order valence-electron chi connectivity index (χ0n) is 12.6. The molecule has 0 radical (unpaired) electrons. The number of rotatable bonds is 8. The van der Waals surface area contributed by atoms with E-state index >= 15 is 0 Å². The van der Waals surface area contributed by atoms with Crippen LogP contribution in [0.5, 0.6) is 0 Å².